The summed E-state index contributed by atoms with van der Waals surface area (Å²) in [5.41, 5.74) is 5.55. The summed E-state index contributed by atoms with van der Waals surface area (Å²) in [5.74, 6) is 0. The lowest BCUT2D eigenvalue weighted by molar-refractivity contribution is 0.116. The average molecular weight is 237 g/mol. The van der Waals surface area contributed by atoms with E-state index in [9.17, 15) is 8.78 Å². The van der Waals surface area contributed by atoms with Crippen molar-refractivity contribution in [3.63, 3.8) is 0 Å². The molecule has 1 heterocycles. The second kappa shape index (κ2) is 3.91. The lowest BCUT2D eigenvalue weighted by Crippen LogP contribution is -2.19. The van der Waals surface area contributed by atoms with Gasteiger partial charge in [-0.15, -0.1) is 0 Å². The van der Waals surface area contributed by atoms with Crippen LogP contribution >= 0.6 is 15.9 Å². The van der Waals surface area contributed by atoms with E-state index in [0.717, 1.165) is 0 Å². The van der Waals surface area contributed by atoms with E-state index in [1.165, 1.54) is 12.3 Å². The number of hydrogen-bond donors (Lipinski definition) is 1. The molecule has 1 atom stereocenters. The van der Waals surface area contributed by atoms with Crippen LogP contribution in [0.1, 0.15) is 11.6 Å². The number of nitrogens with two attached hydrogens (primary N) is 1. The molecule has 2 nitrogen and oxygen atoms in total. The van der Waals surface area contributed by atoms with Crippen molar-refractivity contribution in [2.45, 2.75) is 12.5 Å². The minimum Gasteiger partial charge on any atom is -0.319 e. The molecule has 0 saturated carbocycles. The smallest absolute Gasteiger partial charge is 0.257 e. The van der Waals surface area contributed by atoms with E-state index in [0.29, 0.717) is 10.2 Å². The molecule has 0 radical (unpaired) electrons. The summed E-state index contributed by atoms with van der Waals surface area (Å²) >= 11 is 3.04. The zero-order valence-electron chi connectivity index (χ0n) is 6.05. The van der Waals surface area contributed by atoms with E-state index in [-0.39, 0.29) is 0 Å². The van der Waals surface area contributed by atoms with Gasteiger partial charge in [-0.2, -0.15) is 0 Å². The first-order chi connectivity index (χ1) is 5.63. The Balaban J connectivity index is 2.94. The third-order valence-corrected chi connectivity index (χ3v) is 2.08. The summed E-state index contributed by atoms with van der Waals surface area (Å²) in [6.07, 6.45) is -1.06. The molecule has 0 saturated heterocycles. The fourth-order valence-electron chi connectivity index (χ4n) is 0.783. The molecule has 66 valence electrons. The molecule has 1 aromatic heterocycles. The molecule has 0 fully saturated rings. The highest BCUT2D eigenvalue weighted by Crippen LogP contribution is 2.23. The van der Waals surface area contributed by atoms with Crippen LogP contribution in [0.25, 0.3) is 0 Å². The normalized spacial score (nSPS) is 13.4. The third-order valence-electron chi connectivity index (χ3n) is 1.42. The minimum absolute atomic E-state index is 0.326. The molecule has 0 aliphatic heterocycles. The number of nitrogens with zero attached hydrogens (tertiary/aromatic N) is 1. The van der Waals surface area contributed by atoms with Crippen LogP contribution in [0.5, 0.6) is 0 Å². The molecule has 5 heteroatoms. The highest BCUT2D eigenvalue weighted by Gasteiger charge is 2.19. The van der Waals surface area contributed by atoms with Crippen LogP contribution in [0.4, 0.5) is 8.78 Å². The van der Waals surface area contributed by atoms with Crippen LogP contribution in [0.2, 0.25) is 0 Å². The summed E-state index contributed by atoms with van der Waals surface area (Å²) in [6.45, 7) is 0. The molecular weight excluding hydrogens is 230 g/mol. The van der Waals surface area contributed by atoms with Crippen molar-refractivity contribution in [1.82, 2.24) is 4.98 Å². The van der Waals surface area contributed by atoms with Crippen LogP contribution < -0.4 is 5.73 Å². The van der Waals surface area contributed by atoms with E-state index in [4.69, 9.17) is 5.73 Å². The molecule has 2 N–H and O–H groups in total. The highest BCUT2D eigenvalue weighted by atomic mass is 79.9. The Morgan fingerprint density at radius 3 is 2.67 bits per heavy atom. The standard InChI is InChI=1S/C7H7BrF2N2/c8-6-4(2-1-3-12-6)5(11)7(9)10/h1-3,5,7H,11H2/t5-/m1/s1. The molecule has 0 unspecified atom stereocenters. The molecule has 1 aromatic rings. The third kappa shape index (κ3) is 1.98. The molecule has 12 heavy (non-hydrogen) atoms. The molecule has 0 aliphatic rings. The van der Waals surface area contributed by atoms with Gasteiger partial charge in [0.15, 0.2) is 0 Å². The van der Waals surface area contributed by atoms with Gasteiger partial charge in [-0.3, -0.25) is 0 Å². The van der Waals surface area contributed by atoms with E-state index in [1.807, 2.05) is 0 Å². The van der Waals surface area contributed by atoms with Crippen molar-refractivity contribution >= 4 is 15.9 Å². The fourth-order valence-corrected chi connectivity index (χ4v) is 1.30. The number of pyridine rings is 1. The SMILES string of the molecule is N[C@H](c1cccnc1Br)C(F)F. The molecule has 0 amide bonds. The molecule has 0 bridgehead atoms. The summed E-state index contributed by atoms with van der Waals surface area (Å²) in [6, 6.07) is 1.82. The largest absolute Gasteiger partial charge is 0.319 e. The highest BCUT2D eigenvalue weighted by molar-refractivity contribution is 9.10. The van der Waals surface area contributed by atoms with Gasteiger partial charge in [-0.1, -0.05) is 6.07 Å². The zero-order valence-corrected chi connectivity index (χ0v) is 7.63. The van der Waals surface area contributed by atoms with Gasteiger partial charge in [0.05, 0.1) is 6.04 Å². The number of aromatic nitrogens is 1. The van der Waals surface area contributed by atoms with Crippen LogP contribution in [0.15, 0.2) is 22.9 Å². The zero-order chi connectivity index (χ0) is 9.14. The van der Waals surface area contributed by atoms with Gasteiger partial charge in [0, 0.05) is 11.8 Å². The Bertz CT molecular complexity index is 267. The quantitative estimate of drug-likeness (QED) is 0.800. The number of alkyl halides is 2. The maximum Gasteiger partial charge on any atom is 0.257 e. The van der Waals surface area contributed by atoms with Crippen LogP contribution in [-0.2, 0) is 0 Å². The monoisotopic (exact) mass is 236 g/mol. The Morgan fingerprint density at radius 1 is 1.50 bits per heavy atom. The van der Waals surface area contributed by atoms with E-state index < -0.39 is 12.5 Å². The Kier molecular flexibility index (Phi) is 3.11. The Labute approximate surface area is 76.9 Å². The Morgan fingerprint density at radius 2 is 2.17 bits per heavy atom. The van der Waals surface area contributed by atoms with Crippen molar-refractivity contribution in [1.29, 1.82) is 0 Å². The summed E-state index contributed by atoms with van der Waals surface area (Å²) in [7, 11) is 0. The first-order valence-electron chi connectivity index (χ1n) is 3.27. The Hall–Kier alpha value is -0.550. The van der Waals surface area contributed by atoms with Gasteiger partial charge in [0.2, 0.25) is 0 Å². The first kappa shape index (κ1) is 9.54. The average Bonchev–Trinajstić information content (AvgIpc) is 2.04. The van der Waals surface area contributed by atoms with Gasteiger partial charge in [-0.05, 0) is 22.0 Å². The van der Waals surface area contributed by atoms with Crippen molar-refractivity contribution < 1.29 is 8.78 Å². The van der Waals surface area contributed by atoms with E-state index in [2.05, 4.69) is 20.9 Å². The second-order valence-electron chi connectivity index (χ2n) is 2.24. The molecule has 0 aromatic carbocycles. The topological polar surface area (TPSA) is 38.9 Å². The van der Waals surface area contributed by atoms with E-state index >= 15 is 0 Å². The minimum atomic E-state index is -2.56. The fraction of sp³-hybridized carbons (Fsp3) is 0.286. The second-order valence-corrected chi connectivity index (χ2v) is 2.99. The van der Waals surface area contributed by atoms with Gasteiger partial charge in [0.25, 0.3) is 6.43 Å². The number of halogens is 3. The predicted molar refractivity (Wildman–Crippen MR) is 44.9 cm³/mol. The van der Waals surface area contributed by atoms with Crippen LogP contribution in [0, 0.1) is 0 Å². The van der Waals surface area contributed by atoms with Crippen molar-refractivity contribution in [2.75, 3.05) is 0 Å². The lowest BCUT2D eigenvalue weighted by Gasteiger charge is -2.10. The molecule has 0 aliphatic carbocycles. The van der Waals surface area contributed by atoms with Gasteiger partial charge in [-0.25, -0.2) is 13.8 Å². The maximum absolute atomic E-state index is 12.1. The van der Waals surface area contributed by atoms with Gasteiger partial charge >= 0.3 is 0 Å². The molecular formula is C7H7BrF2N2. The summed E-state index contributed by atoms with van der Waals surface area (Å²) in [5, 5.41) is 0. The van der Waals surface area contributed by atoms with Crippen molar-refractivity contribution in [2.24, 2.45) is 5.73 Å². The number of hydrogen-bond acceptors (Lipinski definition) is 2. The van der Waals surface area contributed by atoms with Gasteiger partial charge in [0.1, 0.15) is 4.60 Å². The summed E-state index contributed by atoms with van der Waals surface area (Å²) in [4.78, 5) is 3.79. The molecule has 1 rings (SSSR count). The van der Waals surface area contributed by atoms with Crippen molar-refractivity contribution in [3.05, 3.63) is 28.5 Å². The van der Waals surface area contributed by atoms with Gasteiger partial charge < -0.3 is 5.73 Å². The first-order valence-corrected chi connectivity index (χ1v) is 4.06. The van der Waals surface area contributed by atoms with Crippen LogP contribution in [-0.4, -0.2) is 11.4 Å². The van der Waals surface area contributed by atoms with Crippen LogP contribution in [0.3, 0.4) is 0 Å². The van der Waals surface area contributed by atoms with Crippen molar-refractivity contribution in [3.8, 4) is 0 Å². The summed E-state index contributed by atoms with van der Waals surface area (Å²) < 4.78 is 24.6. The lowest BCUT2D eigenvalue weighted by atomic mass is 10.1. The predicted octanol–water partition coefficient (Wildman–Crippen LogP) is 2.11. The molecule has 0 spiro atoms. The maximum atomic E-state index is 12.1. The number of rotatable bonds is 2. The van der Waals surface area contributed by atoms with E-state index in [1.54, 1.807) is 6.07 Å².